The van der Waals surface area contributed by atoms with E-state index in [-0.39, 0.29) is 18.2 Å². The number of likely N-dealkylation sites (tertiary alicyclic amines) is 1. The molecule has 154 valence electrons. The molecule has 1 aliphatic heterocycles. The van der Waals surface area contributed by atoms with Crippen molar-refractivity contribution in [3.05, 3.63) is 40.6 Å². The number of ether oxygens (including phenoxy) is 1. The first-order chi connectivity index (χ1) is 13.8. The number of imidazole rings is 1. The van der Waals surface area contributed by atoms with Crippen LogP contribution >= 0.6 is 15.9 Å². The average molecular weight is 458 g/mol. The summed E-state index contributed by atoms with van der Waals surface area (Å²) >= 11 is 3.54. The van der Waals surface area contributed by atoms with E-state index in [2.05, 4.69) is 52.1 Å². The molecule has 1 aromatic heterocycles. The van der Waals surface area contributed by atoms with E-state index < -0.39 is 5.60 Å². The molecule has 1 aliphatic rings. The van der Waals surface area contributed by atoms with Crippen LogP contribution in [0.3, 0.4) is 0 Å². The molecule has 6 heteroatoms. The Hall–Kier alpha value is -2.08. The molecule has 0 aliphatic carbocycles. The summed E-state index contributed by atoms with van der Waals surface area (Å²) in [5.41, 5.74) is 1.43. The summed E-state index contributed by atoms with van der Waals surface area (Å²) in [5.74, 6) is 0.847. The second-order valence-corrected chi connectivity index (χ2v) is 9.79. The van der Waals surface area contributed by atoms with Crippen LogP contribution in [-0.2, 0) is 4.74 Å². The van der Waals surface area contributed by atoms with Gasteiger partial charge in [0, 0.05) is 15.9 Å². The summed E-state index contributed by atoms with van der Waals surface area (Å²) < 4.78 is 6.80. The number of hydrogen-bond donors (Lipinski definition) is 1. The molecule has 1 N–H and O–H groups in total. The van der Waals surface area contributed by atoms with E-state index in [1.54, 1.807) is 0 Å². The zero-order chi connectivity index (χ0) is 20.8. The monoisotopic (exact) mass is 457 g/mol. The van der Waals surface area contributed by atoms with E-state index in [1.807, 2.05) is 31.7 Å². The first-order valence-corrected chi connectivity index (χ1v) is 11.2. The van der Waals surface area contributed by atoms with Gasteiger partial charge in [0.15, 0.2) is 0 Å². The zero-order valence-electron chi connectivity index (χ0n) is 17.5. The third-order valence-corrected chi connectivity index (χ3v) is 5.99. The van der Waals surface area contributed by atoms with Crippen molar-refractivity contribution in [1.29, 1.82) is 0 Å². The van der Waals surface area contributed by atoms with Crippen molar-refractivity contribution in [2.45, 2.75) is 71.1 Å². The molecule has 5 nitrogen and oxygen atoms in total. The third-order valence-electron chi connectivity index (χ3n) is 5.49. The van der Waals surface area contributed by atoms with Crippen molar-refractivity contribution < 1.29 is 9.53 Å². The van der Waals surface area contributed by atoms with Crippen LogP contribution in [-0.4, -0.2) is 32.6 Å². The maximum atomic E-state index is 13.1. The number of aromatic amines is 1. The predicted octanol–water partition coefficient (Wildman–Crippen LogP) is 6.72. The molecular formula is C23H28BrN3O2. The number of fused-ring (bicyclic) bond motifs is 3. The summed E-state index contributed by atoms with van der Waals surface area (Å²) in [4.78, 5) is 23.4. The number of amides is 1. The van der Waals surface area contributed by atoms with Crippen molar-refractivity contribution in [2.75, 3.05) is 0 Å². The second-order valence-electron chi connectivity index (χ2n) is 8.87. The van der Waals surface area contributed by atoms with Gasteiger partial charge in [-0.25, -0.2) is 9.78 Å². The van der Waals surface area contributed by atoms with E-state index in [4.69, 9.17) is 9.72 Å². The van der Waals surface area contributed by atoms with Crippen LogP contribution in [0.15, 0.2) is 34.8 Å². The van der Waals surface area contributed by atoms with Crippen molar-refractivity contribution in [3.8, 4) is 0 Å². The van der Waals surface area contributed by atoms with Crippen molar-refractivity contribution in [1.82, 2.24) is 14.9 Å². The summed E-state index contributed by atoms with van der Waals surface area (Å²) in [6.45, 7) is 7.90. The number of H-pyrrole nitrogens is 1. The maximum Gasteiger partial charge on any atom is 0.411 e. The number of carbonyl (C=O) groups is 1. The highest BCUT2D eigenvalue weighted by molar-refractivity contribution is 9.10. The highest BCUT2D eigenvalue weighted by Gasteiger charge is 2.41. The lowest BCUT2D eigenvalue weighted by molar-refractivity contribution is 0.0129. The van der Waals surface area contributed by atoms with E-state index in [1.165, 1.54) is 0 Å². The molecule has 29 heavy (non-hydrogen) atoms. The van der Waals surface area contributed by atoms with Gasteiger partial charge in [0.25, 0.3) is 0 Å². The molecule has 1 fully saturated rings. The van der Waals surface area contributed by atoms with Crippen LogP contribution in [0.5, 0.6) is 0 Å². The predicted molar refractivity (Wildman–Crippen MR) is 120 cm³/mol. The fourth-order valence-electron chi connectivity index (χ4n) is 4.31. The summed E-state index contributed by atoms with van der Waals surface area (Å²) in [6.07, 6.45) is 3.64. The van der Waals surface area contributed by atoms with Crippen LogP contribution in [0, 0.1) is 0 Å². The number of nitrogens with zero attached hydrogens (tertiary/aromatic N) is 2. The smallest absolute Gasteiger partial charge is 0.411 e. The Morgan fingerprint density at radius 3 is 2.79 bits per heavy atom. The van der Waals surface area contributed by atoms with Crippen molar-refractivity contribution in [2.24, 2.45) is 0 Å². The number of nitrogens with one attached hydrogen (secondary N) is 1. The average Bonchev–Trinajstić information content (AvgIpc) is 3.24. The Morgan fingerprint density at radius 2 is 2.07 bits per heavy atom. The molecule has 4 rings (SSSR count). The highest BCUT2D eigenvalue weighted by Crippen LogP contribution is 2.39. The lowest BCUT2D eigenvalue weighted by atomic mass is 10.1. The highest BCUT2D eigenvalue weighted by atomic mass is 79.9. The molecule has 2 heterocycles. The molecular weight excluding hydrogens is 430 g/mol. The first-order valence-electron chi connectivity index (χ1n) is 10.4. The summed E-state index contributed by atoms with van der Waals surface area (Å²) in [6, 6.07) is 10.5. The molecule has 0 spiro atoms. The van der Waals surface area contributed by atoms with Gasteiger partial charge >= 0.3 is 6.09 Å². The van der Waals surface area contributed by atoms with Gasteiger partial charge in [0.05, 0.1) is 17.1 Å². The first kappa shape index (κ1) is 20.2. The number of carbonyl (C=O) groups excluding carboxylic acids is 1. The number of halogens is 1. The van der Waals surface area contributed by atoms with Crippen LogP contribution in [0.4, 0.5) is 4.79 Å². The van der Waals surface area contributed by atoms with E-state index in [0.29, 0.717) is 0 Å². The number of aromatic nitrogens is 2. The minimum atomic E-state index is -0.515. The standard InChI is InChI=1S/C23H28BrN3O2/c1-5-6-16-9-12-19(27(16)22(28)29-23(2,3)4)21-25-18-11-7-14-13-15(24)8-10-17(14)20(18)26-21/h7-8,10-11,13,16,19H,5-6,9,12H2,1-4H3,(H,25,26)/t16-,19?/m0/s1. The normalized spacial score (nSPS) is 20.0. The molecule has 3 aromatic rings. The van der Waals surface area contributed by atoms with Gasteiger partial charge in [-0.05, 0) is 63.6 Å². The van der Waals surface area contributed by atoms with Crippen LogP contribution in [0.1, 0.15) is 65.2 Å². The molecule has 2 atom stereocenters. The lowest BCUT2D eigenvalue weighted by Gasteiger charge is -2.32. The molecule has 1 unspecified atom stereocenters. The number of benzene rings is 2. The van der Waals surface area contributed by atoms with Crippen molar-refractivity contribution in [3.63, 3.8) is 0 Å². The zero-order valence-corrected chi connectivity index (χ0v) is 19.0. The van der Waals surface area contributed by atoms with E-state index in [9.17, 15) is 4.79 Å². The topological polar surface area (TPSA) is 58.2 Å². The Balaban J connectivity index is 1.74. The van der Waals surface area contributed by atoms with Gasteiger partial charge in [-0.1, -0.05) is 41.4 Å². The minimum Gasteiger partial charge on any atom is -0.444 e. The van der Waals surface area contributed by atoms with Gasteiger partial charge in [-0.15, -0.1) is 0 Å². The van der Waals surface area contributed by atoms with E-state index in [0.717, 1.165) is 57.8 Å². The second kappa shape index (κ2) is 7.63. The summed E-state index contributed by atoms with van der Waals surface area (Å²) in [5, 5.41) is 2.25. The Kier molecular flexibility index (Phi) is 5.32. The van der Waals surface area contributed by atoms with Gasteiger partial charge in [0.2, 0.25) is 0 Å². The largest absolute Gasteiger partial charge is 0.444 e. The molecule has 1 amide bonds. The Labute approximate surface area is 179 Å². The van der Waals surface area contributed by atoms with Crippen LogP contribution in [0.25, 0.3) is 21.8 Å². The maximum absolute atomic E-state index is 13.1. The van der Waals surface area contributed by atoms with Crippen molar-refractivity contribution >= 4 is 43.8 Å². The van der Waals surface area contributed by atoms with Gasteiger partial charge < -0.3 is 9.72 Å². The molecule has 2 aromatic carbocycles. The lowest BCUT2D eigenvalue weighted by Crippen LogP contribution is -2.41. The van der Waals surface area contributed by atoms with Crippen LogP contribution < -0.4 is 0 Å². The molecule has 1 saturated heterocycles. The third kappa shape index (κ3) is 4.00. The molecule has 0 bridgehead atoms. The Bertz CT molecular complexity index is 1050. The van der Waals surface area contributed by atoms with Gasteiger partial charge in [-0.2, -0.15) is 0 Å². The van der Waals surface area contributed by atoms with Gasteiger partial charge in [0.1, 0.15) is 11.4 Å². The number of rotatable bonds is 3. The van der Waals surface area contributed by atoms with Gasteiger partial charge in [-0.3, -0.25) is 4.90 Å². The van der Waals surface area contributed by atoms with Crippen LogP contribution in [0.2, 0.25) is 0 Å². The minimum absolute atomic E-state index is 0.0840. The fourth-order valence-corrected chi connectivity index (χ4v) is 4.69. The number of hydrogen-bond acceptors (Lipinski definition) is 3. The summed E-state index contributed by atoms with van der Waals surface area (Å²) in [7, 11) is 0. The van der Waals surface area contributed by atoms with E-state index >= 15 is 0 Å². The quantitative estimate of drug-likeness (QED) is 0.474. The molecule has 0 radical (unpaired) electrons. The fraction of sp³-hybridized carbons (Fsp3) is 0.478. The Morgan fingerprint density at radius 1 is 1.28 bits per heavy atom. The SMILES string of the molecule is CCC[C@H]1CCC(c2nc3c(ccc4cc(Br)ccc43)[nH]2)N1C(=O)OC(C)(C)C. The molecule has 0 saturated carbocycles.